The monoisotopic (exact) mass is 333 g/mol. The van der Waals surface area contributed by atoms with Crippen LogP contribution in [-0.2, 0) is 9.59 Å². The molecule has 25 heavy (non-hydrogen) atoms. The molecule has 2 aromatic rings. The second-order valence-corrected chi connectivity index (χ2v) is 5.36. The van der Waals surface area contributed by atoms with Crippen LogP contribution in [0.1, 0.15) is 15.9 Å². The number of hydrogen-bond donors (Lipinski definition) is 0. The van der Waals surface area contributed by atoms with E-state index in [-0.39, 0.29) is 17.6 Å². The Morgan fingerprint density at radius 1 is 0.920 bits per heavy atom. The van der Waals surface area contributed by atoms with Crippen molar-refractivity contribution in [1.82, 2.24) is 0 Å². The molecule has 2 aromatic carbocycles. The van der Waals surface area contributed by atoms with Gasteiger partial charge in [-0.15, -0.1) is 0 Å². The molecule has 0 bridgehead atoms. The zero-order chi connectivity index (χ0) is 17.8. The normalized spacial score (nSPS) is 13.7. The smallest absolute Gasteiger partial charge is 0.258 e. The zero-order valence-corrected chi connectivity index (χ0v) is 13.5. The average Bonchev–Trinajstić information content (AvgIpc) is 2.98. The number of carbonyl (C=O) groups excluding carboxylic acids is 3. The summed E-state index contributed by atoms with van der Waals surface area (Å²) in [5.74, 6) is -0.189. The highest BCUT2D eigenvalue weighted by molar-refractivity contribution is 6.28. The molecule has 0 saturated carbocycles. The van der Waals surface area contributed by atoms with Crippen LogP contribution >= 0.6 is 0 Å². The molecule has 0 N–H and O–H groups in total. The van der Waals surface area contributed by atoms with E-state index in [9.17, 15) is 14.4 Å². The third-order valence-corrected chi connectivity index (χ3v) is 3.76. The van der Waals surface area contributed by atoms with Crippen molar-refractivity contribution < 1.29 is 19.1 Å². The lowest BCUT2D eigenvalue weighted by molar-refractivity contribution is -0.119. The van der Waals surface area contributed by atoms with Gasteiger partial charge in [0.2, 0.25) is 0 Å². The fraction of sp³-hybridized carbons (Fsp3) is 0.0500. The highest BCUT2D eigenvalue weighted by Gasteiger charge is 2.24. The van der Waals surface area contributed by atoms with Crippen LogP contribution in [-0.4, -0.2) is 24.7 Å². The van der Waals surface area contributed by atoms with Gasteiger partial charge in [0.05, 0.1) is 12.8 Å². The molecule has 0 atom stereocenters. The van der Waals surface area contributed by atoms with E-state index in [1.54, 1.807) is 37.5 Å². The third kappa shape index (κ3) is 3.55. The van der Waals surface area contributed by atoms with Crippen LogP contribution in [0.4, 0.5) is 5.69 Å². The molecule has 0 unspecified atom stereocenters. The van der Waals surface area contributed by atoms with E-state index >= 15 is 0 Å². The maximum Gasteiger partial charge on any atom is 0.258 e. The van der Waals surface area contributed by atoms with Gasteiger partial charge < -0.3 is 4.74 Å². The lowest BCUT2D eigenvalue weighted by Crippen LogP contribution is -2.29. The van der Waals surface area contributed by atoms with Crippen LogP contribution in [0.15, 0.2) is 66.8 Å². The van der Waals surface area contributed by atoms with Crippen molar-refractivity contribution >= 4 is 29.4 Å². The van der Waals surface area contributed by atoms with Gasteiger partial charge in [-0.05, 0) is 48.0 Å². The summed E-state index contributed by atoms with van der Waals surface area (Å²) in [6.45, 7) is 0. The van der Waals surface area contributed by atoms with E-state index in [0.29, 0.717) is 11.3 Å². The van der Waals surface area contributed by atoms with Gasteiger partial charge in [-0.2, -0.15) is 0 Å². The summed E-state index contributed by atoms with van der Waals surface area (Å²) < 4.78 is 5.09. The first kappa shape index (κ1) is 16.4. The Bertz CT molecular complexity index is 859. The van der Waals surface area contributed by atoms with Crippen molar-refractivity contribution in [1.29, 1.82) is 0 Å². The number of allylic oxidation sites excluding steroid dienone is 1. The number of nitrogens with zero attached hydrogens (tertiary/aromatic N) is 1. The van der Waals surface area contributed by atoms with Crippen LogP contribution in [0.25, 0.3) is 6.08 Å². The summed E-state index contributed by atoms with van der Waals surface area (Å²) in [4.78, 5) is 36.6. The van der Waals surface area contributed by atoms with Gasteiger partial charge in [0.15, 0.2) is 5.78 Å². The quantitative estimate of drug-likeness (QED) is 0.479. The maximum absolute atomic E-state index is 12.2. The lowest BCUT2D eigenvalue weighted by atomic mass is 10.1. The Balaban J connectivity index is 1.71. The minimum atomic E-state index is -0.386. The molecule has 0 fully saturated rings. The number of anilines is 1. The van der Waals surface area contributed by atoms with Gasteiger partial charge in [-0.25, -0.2) is 4.90 Å². The fourth-order valence-electron chi connectivity index (χ4n) is 2.41. The van der Waals surface area contributed by atoms with Crippen molar-refractivity contribution in [3.63, 3.8) is 0 Å². The summed E-state index contributed by atoms with van der Waals surface area (Å²) in [6, 6.07) is 13.7. The highest BCUT2D eigenvalue weighted by atomic mass is 16.5. The molecule has 0 spiro atoms. The van der Waals surface area contributed by atoms with E-state index in [1.165, 1.54) is 18.2 Å². The molecule has 2 amide bonds. The van der Waals surface area contributed by atoms with Gasteiger partial charge in [0.1, 0.15) is 5.75 Å². The van der Waals surface area contributed by atoms with Crippen molar-refractivity contribution in [3.8, 4) is 5.75 Å². The average molecular weight is 333 g/mol. The minimum Gasteiger partial charge on any atom is -0.497 e. The molecule has 0 aliphatic carbocycles. The van der Waals surface area contributed by atoms with Crippen LogP contribution in [0, 0.1) is 0 Å². The summed E-state index contributed by atoms with van der Waals surface area (Å²) >= 11 is 0. The number of amides is 2. The van der Waals surface area contributed by atoms with Crippen molar-refractivity contribution in [2.75, 3.05) is 12.0 Å². The molecule has 5 nitrogen and oxygen atoms in total. The van der Waals surface area contributed by atoms with E-state index in [0.717, 1.165) is 16.2 Å². The summed E-state index contributed by atoms with van der Waals surface area (Å²) in [5, 5.41) is 0. The zero-order valence-electron chi connectivity index (χ0n) is 13.5. The minimum absolute atomic E-state index is 0.167. The second-order valence-electron chi connectivity index (χ2n) is 5.36. The fourth-order valence-corrected chi connectivity index (χ4v) is 2.41. The van der Waals surface area contributed by atoms with Crippen molar-refractivity contribution in [2.24, 2.45) is 0 Å². The van der Waals surface area contributed by atoms with Crippen molar-refractivity contribution in [3.05, 3.63) is 77.9 Å². The SMILES string of the molecule is COc1ccc(/C=C/C(=O)c2ccc(N3C(=O)C=CC3=O)cc2)cc1. The van der Waals surface area contributed by atoms with Gasteiger partial charge in [-0.3, -0.25) is 14.4 Å². The van der Waals surface area contributed by atoms with E-state index < -0.39 is 0 Å². The standard InChI is InChI=1S/C20H15NO4/c1-25-17-9-2-14(3-10-17)4-11-18(22)15-5-7-16(8-6-15)21-19(23)12-13-20(21)24/h2-13H,1H3/b11-4+. The number of benzene rings is 2. The Hall–Kier alpha value is -3.47. The molecule has 124 valence electrons. The van der Waals surface area contributed by atoms with Crippen LogP contribution in [0.2, 0.25) is 0 Å². The molecular formula is C20H15NO4. The Morgan fingerprint density at radius 2 is 1.52 bits per heavy atom. The molecule has 1 aliphatic rings. The topological polar surface area (TPSA) is 63.7 Å². The van der Waals surface area contributed by atoms with Crippen molar-refractivity contribution in [2.45, 2.75) is 0 Å². The summed E-state index contributed by atoms with van der Waals surface area (Å²) in [7, 11) is 1.59. The molecule has 5 heteroatoms. The summed E-state index contributed by atoms with van der Waals surface area (Å²) in [5.41, 5.74) is 1.79. The molecule has 3 rings (SSSR count). The van der Waals surface area contributed by atoms with Crippen LogP contribution in [0.5, 0.6) is 5.75 Å². The van der Waals surface area contributed by atoms with E-state index in [1.807, 2.05) is 24.3 Å². The van der Waals surface area contributed by atoms with Crippen LogP contribution in [0.3, 0.4) is 0 Å². The van der Waals surface area contributed by atoms with Gasteiger partial charge in [0, 0.05) is 17.7 Å². The number of hydrogen-bond acceptors (Lipinski definition) is 4. The first-order valence-electron chi connectivity index (χ1n) is 7.61. The molecule has 1 aliphatic heterocycles. The Kier molecular flexibility index (Phi) is 4.57. The molecule has 0 aromatic heterocycles. The number of imide groups is 1. The number of carbonyl (C=O) groups is 3. The maximum atomic E-state index is 12.2. The largest absolute Gasteiger partial charge is 0.497 e. The first-order valence-corrected chi connectivity index (χ1v) is 7.61. The number of rotatable bonds is 5. The second kappa shape index (κ2) is 6.97. The van der Waals surface area contributed by atoms with Gasteiger partial charge in [0.25, 0.3) is 11.8 Å². The van der Waals surface area contributed by atoms with E-state index in [2.05, 4.69) is 0 Å². The highest BCUT2D eigenvalue weighted by Crippen LogP contribution is 2.20. The predicted octanol–water partition coefficient (Wildman–Crippen LogP) is 3.02. The third-order valence-electron chi connectivity index (χ3n) is 3.76. The number of ketones is 1. The number of ether oxygens (including phenoxy) is 1. The van der Waals surface area contributed by atoms with Gasteiger partial charge >= 0.3 is 0 Å². The molecular weight excluding hydrogens is 318 g/mol. The molecule has 1 heterocycles. The van der Waals surface area contributed by atoms with E-state index in [4.69, 9.17) is 4.74 Å². The Morgan fingerprint density at radius 3 is 2.08 bits per heavy atom. The first-order chi connectivity index (χ1) is 12.1. The number of methoxy groups -OCH3 is 1. The Labute approximate surface area is 144 Å². The van der Waals surface area contributed by atoms with Gasteiger partial charge in [-0.1, -0.05) is 18.2 Å². The lowest BCUT2D eigenvalue weighted by Gasteiger charge is -2.13. The molecule has 0 saturated heterocycles. The van der Waals surface area contributed by atoms with Crippen LogP contribution < -0.4 is 9.64 Å². The predicted molar refractivity (Wildman–Crippen MR) is 94.4 cm³/mol. The summed E-state index contributed by atoms with van der Waals surface area (Å²) in [6.07, 6.45) is 5.63. The molecule has 0 radical (unpaired) electrons.